The molecule has 2 rings (SSSR count). The van der Waals surface area contributed by atoms with Crippen LogP contribution in [0.3, 0.4) is 0 Å². The highest BCUT2D eigenvalue weighted by Crippen LogP contribution is 2.17. The Labute approximate surface area is 93.1 Å². The number of benzene rings is 1. The Balaban J connectivity index is 2.20. The van der Waals surface area contributed by atoms with Crippen LogP contribution in [0.1, 0.15) is 11.6 Å². The summed E-state index contributed by atoms with van der Waals surface area (Å²) in [6.07, 6.45) is 3.08. The first-order valence-corrected chi connectivity index (χ1v) is 5.05. The number of nitrogens with one attached hydrogen (secondary N) is 1. The van der Waals surface area contributed by atoms with E-state index in [4.69, 9.17) is 0 Å². The van der Waals surface area contributed by atoms with Crippen molar-refractivity contribution in [2.24, 2.45) is 0 Å². The molecule has 84 valence electrons. The fraction of sp³-hybridized carbons (Fsp3) is 0.273. The summed E-state index contributed by atoms with van der Waals surface area (Å²) in [6.45, 7) is 0.553. The van der Waals surface area contributed by atoms with Gasteiger partial charge in [0.25, 0.3) is 0 Å². The van der Waals surface area contributed by atoms with Gasteiger partial charge < -0.3 is 5.32 Å². The van der Waals surface area contributed by atoms with Crippen molar-refractivity contribution in [2.45, 2.75) is 12.6 Å². The van der Waals surface area contributed by atoms with Gasteiger partial charge in [0.15, 0.2) is 0 Å². The summed E-state index contributed by atoms with van der Waals surface area (Å²) in [7, 11) is 1.80. The van der Waals surface area contributed by atoms with Crippen molar-refractivity contribution in [1.82, 2.24) is 20.1 Å². The molecule has 1 N–H and O–H groups in total. The minimum Gasteiger partial charge on any atom is -0.311 e. The molecule has 0 saturated carbocycles. The Hall–Kier alpha value is -1.75. The molecule has 0 saturated heterocycles. The van der Waals surface area contributed by atoms with E-state index in [1.165, 1.54) is 12.4 Å². The van der Waals surface area contributed by atoms with Crippen molar-refractivity contribution in [3.05, 3.63) is 48.3 Å². The van der Waals surface area contributed by atoms with Crippen LogP contribution >= 0.6 is 0 Å². The van der Waals surface area contributed by atoms with Crippen LogP contribution in [-0.4, -0.2) is 21.8 Å². The van der Waals surface area contributed by atoms with Crippen molar-refractivity contribution < 1.29 is 4.39 Å². The van der Waals surface area contributed by atoms with Crippen molar-refractivity contribution in [3.8, 4) is 0 Å². The van der Waals surface area contributed by atoms with Crippen molar-refractivity contribution in [1.29, 1.82) is 0 Å². The number of halogens is 1. The molecule has 0 aliphatic heterocycles. The summed E-state index contributed by atoms with van der Waals surface area (Å²) >= 11 is 0. The minimum absolute atomic E-state index is 0.108. The van der Waals surface area contributed by atoms with Gasteiger partial charge in [-0.1, -0.05) is 18.2 Å². The fourth-order valence-corrected chi connectivity index (χ4v) is 1.62. The molecule has 1 aromatic carbocycles. The molecule has 0 spiro atoms. The summed E-state index contributed by atoms with van der Waals surface area (Å²) < 4.78 is 15.2. The fourth-order valence-electron chi connectivity index (χ4n) is 1.62. The first kappa shape index (κ1) is 10.8. The largest absolute Gasteiger partial charge is 0.311 e. The number of rotatable bonds is 4. The van der Waals surface area contributed by atoms with Crippen LogP contribution in [-0.2, 0) is 6.54 Å². The van der Waals surface area contributed by atoms with E-state index in [1.807, 2.05) is 6.07 Å². The second-order valence-electron chi connectivity index (χ2n) is 3.48. The van der Waals surface area contributed by atoms with Crippen molar-refractivity contribution >= 4 is 0 Å². The van der Waals surface area contributed by atoms with E-state index in [1.54, 1.807) is 30.2 Å². The number of hydrogen-bond acceptors (Lipinski definition) is 3. The zero-order valence-corrected chi connectivity index (χ0v) is 8.97. The molecular formula is C11H13FN4. The Morgan fingerprint density at radius 3 is 2.88 bits per heavy atom. The number of likely N-dealkylation sites (N-methyl/N-ethyl adjacent to an activating group) is 1. The Morgan fingerprint density at radius 1 is 1.44 bits per heavy atom. The molecule has 0 aliphatic rings. The van der Waals surface area contributed by atoms with Crippen LogP contribution in [0, 0.1) is 5.82 Å². The smallest absolute Gasteiger partial charge is 0.137 e. The molecule has 2 aromatic rings. The second kappa shape index (κ2) is 4.85. The Bertz CT molecular complexity index is 441. The van der Waals surface area contributed by atoms with Gasteiger partial charge >= 0.3 is 0 Å². The standard InChI is InChI=1S/C11H13FN4/c1-13-11(6-16-8-14-7-15-16)9-4-2-3-5-10(9)12/h2-5,7-8,11,13H,6H2,1H3. The molecular weight excluding hydrogens is 207 g/mol. The zero-order valence-electron chi connectivity index (χ0n) is 8.97. The molecule has 16 heavy (non-hydrogen) atoms. The maximum atomic E-state index is 13.6. The van der Waals surface area contributed by atoms with E-state index >= 15 is 0 Å². The third kappa shape index (κ3) is 2.25. The average molecular weight is 220 g/mol. The molecule has 0 fully saturated rings. The van der Waals surface area contributed by atoms with E-state index in [0.29, 0.717) is 12.1 Å². The van der Waals surface area contributed by atoms with Crippen LogP contribution in [0.4, 0.5) is 4.39 Å². The quantitative estimate of drug-likeness (QED) is 0.846. The van der Waals surface area contributed by atoms with E-state index in [2.05, 4.69) is 15.4 Å². The molecule has 1 unspecified atom stereocenters. The van der Waals surface area contributed by atoms with Gasteiger partial charge in [0.2, 0.25) is 0 Å². The number of nitrogens with zero attached hydrogens (tertiary/aromatic N) is 3. The first-order chi connectivity index (χ1) is 7.81. The summed E-state index contributed by atoms with van der Waals surface area (Å²) in [5, 5.41) is 7.07. The normalized spacial score (nSPS) is 12.6. The molecule has 1 atom stereocenters. The van der Waals surface area contributed by atoms with Gasteiger partial charge in [-0.3, -0.25) is 4.68 Å². The first-order valence-electron chi connectivity index (χ1n) is 5.05. The predicted octanol–water partition coefficient (Wildman–Crippen LogP) is 1.38. The van der Waals surface area contributed by atoms with Crippen molar-refractivity contribution in [2.75, 3.05) is 7.05 Å². The van der Waals surface area contributed by atoms with Gasteiger partial charge in [-0.2, -0.15) is 5.10 Å². The SMILES string of the molecule is CNC(Cn1cncn1)c1ccccc1F. The van der Waals surface area contributed by atoms with Crippen molar-refractivity contribution in [3.63, 3.8) is 0 Å². The third-order valence-corrected chi connectivity index (χ3v) is 2.47. The van der Waals surface area contributed by atoms with E-state index in [0.717, 1.165) is 0 Å². The van der Waals surface area contributed by atoms with Gasteiger partial charge in [0.05, 0.1) is 12.6 Å². The second-order valence-corrected chi connectivity index (χ2v) is 3.48. The molecule has 5 heteroatoms. The topological polar surface area (TPSA) is 42.7 Å². The average Bonchev–Trinajstić information content (AvgIpc) is 2.80. The van der Waals surface area contributed by atoms with Crippen LogP contribution in [0.15, 0.2) is 36.9 Å². The lowest BCUT2D eigenvalue weighted by atomic mass is 10.1. The van der Waals surface area contributed by atoms with E-state index in [-0.39, 0.29) is 11.9 Å². The highest BCUT2D eigenvalue weighted by molar-refractivity contribution is 5.20. The maximum Gasteiger partial charge on any atom is 0.137 e. The van der Waals surface area contributed by atoms with Gasteiger partial charge in [-0.15, -0.1) is 0 Å². The lowest BCUT2D eigenvalue weighted by Gasteiger charge is -2.16. The highest BCUT2D eigenvalue weighted by atomic mass is 19.1. The molecule has 0 amide bonds. The van der Waals surface area contributed by atoms with Gasteiger partial charge in [0.1, 0.15) is 18.5 Å². The van der Waals surface area contributed by atoms with E-state index < -0.39 is 0 Å². The number of hydrogen-bond donors (Lipinski definition) is 1. The molecule has 0 bridgehead atoms. The molecule has 1 heterocycles. The number of aromatic nitrogens is 3. The Kier molecular flexibility index (Phi) is 3.26. The lowest BCUT2D eigenvalue weighted by Crippen LogP contribution is -2.23. The van der Waals surface area contributed by atoms with Crippen LogP contribution in [0.2, 0.25) is 0 Å². The summed E-state index contributed by atoms with van der Waals surface area (Å²) in [5.74, 6) is -0.207. The highest BCUT2D eigenvalue weighted by Gasteiger charge is 2.13. The molecule has 0 aliphatic carbocycles. The zero-order chi connectivity index (χ0) is 11.4. The van der Waals surface area contributed by atoms with E-state index in [9.17, 15) is 4.39 Å². The molecule has 1 aromatic heterocycles. The maximum absolute atomic E-state index is 13.6. The van der Waals surface area contributed by atoms with Gasteiger partial charge in [0, 0.05) is 5.56 Å². The lowest BCUT2D eigenvalue weighted by molar-refractivity contribution is 0.449. The Morgan fingerprint density at radius 2 is 2.25 bits per heavy atom. The summed E-state index contributed by atoms with van der Waals surface area (Å²) in [4.78, 5) is 3.86. The van der Waals surface area contributed by atoms with Gasteiger partial charge in [-0.25, -0.2) is 9.37 Å². The predicted molar refractivity (Wildman–Crippen MR) is 58.2 cm³/mol. The van der Waals surface area contributed by atoms with Crippen LogP contribution in [0.5, 0.6) is 0 Å². The molecule has 0 radical (unpaired) electrons. The van der Waals surface area contributed by atoms with Crippen LogP contribution in [0.25, 0.3) is 0 Å². The molecule has 4 nitrogen and oxygen atoms in total. The summed E-state index contributed by atoms with van der Waals surface area (Å²) in [5.41, 5.74) is 0.639. The van der Waals surface area contributed by atoms with Crippen LogP contribution < -0.4 is 5.32 Å². The van der Waals surface area contributed by atoms with Gasteiger partial charge in [-0.05, 0) is 13.1 Å². The monoisotopic (exact) mass is 220 g/mol. The minimum atomic E-state index is -0.207. The summed E-state index contributed by atoms with van der Waals surface area (Å²) in [6, 6.07) is 6.63. The third-order valence-electron chi connectivity index (χ3n) is 2.47.